The van der Waals surface area contributed by atoms with Gasteiger partial charge in [0, 0.05) is 21.8 Å². The Kier molecular flexibility index (Phi) is 4.68. The highest BCUT2D eigenvalue weighted by molar-refractivity contribution is 7.84. The highest BCUT2D eigenvalue weighted by Gasteiger charge is 2.06. The van der Waals surface area contributed by atoms with Crippen LogP contribution < -0.4 is 0 Å². The molecule has 0 aromatic heterocycles. The zero-order valence-corrected chi connectivity index (χ0v) is 10.3. The van der Waals surface area contributed by atoms with Gasteiger partial charge >= 0.3 is 5.97 Å². The predicted octanol–water partition coefficient (Wildman–Crippen LogP) is 1.97. The lowest BCUT2D eigenvalue weighted by Crippen LogP contribution is -2.08. The molecular weight excluding hydrogens is 224 g/mol. The Bertz CT molecular complexity index is 382. The summed E-state index contributed by atoms with van der Waals surface area (Å²) >= 11 is 0. The van der Waals surface area contributed by atoms with Gasteiger partial charge in [-0.05, 0) is 11.1 Å². The zero-order valence-electron chi connectivity index (χ0n) is 9.47. The van der Waals surface area contributed by atoms with E-state index in [1.165, 1.54) is 0 Å². The molecule has 0 aliphatic carbocycles. The standard InChI is InChI=1S/C12H16O3S/c1-9(2)16(15)8-11-5-3-10(4-6-11)7-12(13)14/h3-6,9H,7-8H2,1-2H3,(H,13,14). The van der Waals surface area contributed by atoms with Crippen molar-refractivity contribution in [2.24, 2.45) is 0 Å². The molecule has 1 unspecified atom stereocenters. The summed E-state index contributed by atoms with van der Waals surface area (Å²) in [7, 11) is -0.856. The lowest BCUT2D eigenvalue weighted by atomic mass is 10.1. The molecule has 0 aliphatic rings. The Hall–Kier alpha value is -1.16. The van der Waals surface area contributed by atoms with Crippen LogP contribution in [0.15, 0.2) is 24.3 Å². The molecule has 0 saturated heterocycles. The second kappa shape index (κ2) is 5.80. The Balaban J connectivity index is 2.64. The van der Waals surface area contributed by atoms with Gasteiger partial charge in [-0.15, -0.1) is 0 Å². The highest BCUT2D eigenvalue weighted by Crippen LogP contribution is 2.09. The zero-order chi connectivity index (χ0) is 12.1. The first-order valence-electron chi connectivity index (χ1n) is 5.16. The van der Waals surface area contributed by atoms with Crippen molar-refractivity contribution in [3.63, 3.8) is 0 Å². The minimum absolute atomic E-state index is 0.0353. The number of rotatable bonds is 5. The van der Waals surface area contributed by atoms with Crippen LogP contribution >= 0.6 is 0 Å². The number of hydrogen-bond donors (Lipinski definition) is 1. The molecular formula is C12H16O3S. The van der Waals surface area contributed by atoms with E-state index in [9.17, 15) is 9.00 Å². The van der Waals surface area contributed by atoms with Crippen LogP contribution in [0.5, 0.6) is 0 Å². The van der Waals surface area contributed by atoms with Gasteiger partial charge < -0.3 is 5.11 Å². The number of carbonyl (C=O) groups is 1. The molecule has 0 bridgehead atoms. The van der Waals surface area contributed by atoms with Crippen molar-refractivity contribution in [1.29, 1.82) is 0 Å². The van der Waals surface area contributed by atoms with Crippen molar-refractivity contribution in [3.8, 4) is 0 Å². The fourth-order valence-corrected chi connectivity index (χ4v) is 2.11. The van der Waals surface area contributed by atoms with Gasteiger partial charge in [-0.1, -0.05) is 38.1 Å². The summed E-state index contributed by atoms with van der Waals surface area (Å²) in [5.74, 6) is -0.302. The Morgan fingerprint density at radius 2 is 1.75 bits per heavy atom. The van der Waals surface area contributed by atoms with E-state index < -0.39 is 16.8 Å². The Labute approximate surface area is 98.0 Å². The smallest absolute Gasteiger partial charge is 0.307 e. The molecule has 1 atom stereocenters. The molecule has 1 N–H and O–H groups in total. The van der Waals surface area contributed by atoms with Gasteiger partial charge in [-0.2, -0.15) is 0 Å². The first kappa shape index (κ1) is 12.9. The molecule has 88 valence electrons. The first-order valence-corrected chi connectivity index (χ1v) is 6.54. The summed E-state index contributed by atoms with van der Waals surface area (Å²) in [5, 5.41) is 8.76. The molecule has 0 fully saturated rings. The number of carboxylic acid groups (broad SMARTS) is 1. The van der Waals surface area contributed by atoms with Gasteiger partial charge in [0.1, 0.15) is 0 Å². The summed E-state index contributed by atoms with van der Waals surface area (Å²) < 4.78 is 11.6. The van der Waals surface area contributed by atoms with Gasteiger partial charge in [0.15, 0.2) is 0 Å². The maximum Gasteiger partial charge on any atom is 0.307 e. The summed E-state index contributed by atoms with van der Waals surface area (Å²) in [6, 6.07) is 7.25. The number of carboxylic acids is 1. The molecule has 3 nitrogen and oxygen atoms in total. The largest absolute Gasteiger partial charge is 0.481 e. The number of hydrogen-bond acceptors (Lipinski definition) is 2. The molecule has 0 saturated carbocycles. The fourth-order valence-electron chi connectivity index (χ4n) is 1.26. The molecule has 1 aromatic carbocycles. The third kappa shape index (κ3) is 4.14. The van der Waals surface area contributed by atoms with E-state index in [0.29, 0.717) is 5.75 Å². The fraction of sp³-hybridized carbons (Fsp3) is 0.417. The number of aliphatic carboxylic acids is 1. The molecule has 16 heavy (non-hydrogen) atoms. The van der Waals surface area contributed by atoms with Crippen molar-refractivity contribution >= 4 is 16.8 Å². The van der Waals surface area contributed by atoms with Crippen LogP contribution in [-0.4, -0.2) is 20.5 Å². The van der Waals surface area contributed by atoms with Gasteiger partial charge in [-0.3, -0.25) is 9.00 Å². The SMILES string of the molecule is CC(C)S(=O)Cc1ccc(CC(=O)O)cc1. The quantitative estimate of drug-likeness (QED) is 0.856. The maximum absolute atomic E-state index is 11.6. The Morgan fingerprint density at radius 3 is 2.19 bits per heavy atom. The first-order chi connectivity index (χ1) is 7.49. The van der Waals surface area contributed by atoms with Gasteiger partial charge in [0.05, 0.1) is 6.42 Å². The summed E-state index contributed by atoms with van der Waals surface area (Å²) in [5.41, 5.74) is 1.76. The van der Waals surface area contributed by atoms with E-state index in [1.54, 1.807) is 12.1 Å². The van der Waals surface area contributed by atoms with Crippen molar-refractivity contribution in [2.45, 2.75) is 31.3 Å². The number of benzene rings is 1. The molecule has 0 heterocycles. The van der Waals surface area contributed by atoms with Crippen molar-refractivity contribution < 1.29 is 14.1 Å². The Morgan fingerprint density at radius 1 is 1.25 bits per heavy atom. The third-order valence-electron chi connectivity index (χ3n) is 2.21. The van der Waals surface area contributed by atoms with Gasteiger partial charge in [0.2, 0.25) is 0 Å². The highest BCUT2D eigenvalue weighted by atomic mass is 32.2. The second-order valence-electron chi connectivity index (χ2n) is 3.96. The molecule has 0 spiro atoms. The predicted molar refractivity (Wildman–Crippen MR) is 64.8 cm³/mol. The van der Waals surface area contributed by atoms with E-state index >= 15 is 0 Å². The van der Waals surface area contributed by atoms with Crippen molar-refractivity contribution in [1.82, 2.24) is 0 Å². The van der Waals surface area contributed by atoms with Crippen LogP contribution in [0.1, 0.15) is 25.0 Å². The van der Waals surface area contributed by atoms with Crippen LogP contribution in [0.3, 0.4) is 0 Å². The van der Waals surface area contributed by atoms with Crippen LogP contribution in [0.4, 0.5) is 0 Å². The van der Waals surface area contributed by atoms with E-state index in [4.69, 9.17) is 5.11 Å². The maximum atomic E-state index is 11.6. The van der Waals surface area contributed by atoms with Crippen LogP contribution in [0, 0.1) is 0 Å². The van der Waals surface area contributed by atoms with Gasteiger partial charge in [0.25, 0.3) is 0 Å². The molecule has 0 amide bonds. The second-order valence-corrected chi connectivity index (χ2v) is 5.95. The summed E-state index contributed by atoms with van der Waals surface area (Å²) in [4.78, 5) is 10.5. The van der Waals surface area contributed by atoms with E-state index in [0.717, 1.165) is 11.1 Å². The normalized spacial score (nSPS) is 12.7. The van der Waals surface area contributed by atoms with Crippen LogP contribution in [-0.2, 0) is 27.8 Å². The lowest BCUT2D eigenvalue weighted by Gasteiger charge is -2.06. The average molecular weight is 240 g/mol. The molecule has 1 rings (SSSR count). The van der Waals surface area contributed by atoms with E-state index in [1.807, 2.05) is 26.0 Å². The van der Waals surface area contributed by atoms with Crippen molar-refractivity contribution in [3.05, 3.63) is 35.4 Å². The minimum atomic E-state index is -0.856. The van der Waals surface area contributed by atoms with Crippen LogP contribution in [0.2, 0.25) is 0 Å². The van der Waals surface area contributed by atoms with Crippen LogP contribution in [0.25, 0.3) is 0 Å². The molecule has 4 heteroatoms. The van der Waals surface area contributed by atoms with E-state index in [2.05, 4.69) is 0 Å². The average Bonchev–Trinajstić information content (AvgIpc) is 2.20. The topological polar surface area (TPSA) is 54.4 Å². The lowest BCUT2D eigenvalue weighted by molar-refractivity contribution is -0.136. The van der Waals surface area contributed by atoms with Crippen molar-refractivity contribution in [2.75, 3.05) is 0 Å². The molecule has 0 radical (unpaired) electrons. The molecule has 0 aliphatic heterocycles. The summed E-state index contributed by atoms with van der Waals surface area (Å²) in [6.45, 7) is 3.85. The monoisotopic (exact) mass is 240 g/mol. The van der Waals surface area contributed by atoms with E-state index in [-0.39, 0.29) is 11.7 Å². The summed E-state index contributed by atoms with van der Waals surface area (Å²) in [6.07, 6.45) is 0.0353. The minimum Gasteiger partial charge on any atom is -0.481 e. The molecule has 1 aromatic rings. The van der Waals surface area contributed by atoms with Gasteiger partial charge in [-0.25, -0.2) is 0 Å². The third-order valence-corrected chi connectivity index (χ3v) is 3.88.